The first kappa shape index (κ1) is 20.5. The van der Waals surface area contributed by atoms with Gasteiger partial charge in [0.05, 0.1) is 30.7 Å². The minimum atomic E-state index is -0.272. The number of morpholine rings is 1. The predicted molar refractivity (Wildman–Crippen MR) is 116 cm³/mol. The molecular weight excluding hydrogens is 426 g/mol. The van der Waals surface area contributed by atoms with Crippen LogP contribution in [0.1, 0.15) is 22.8 Å². The Labute approximate surface area is 182 Å². The average molecular weight is 446 g/mol. The van der Waals surface area contributed by atoms with Crippen LogP contribution in [0.5, 0.6) is 5.19 Å². The number of hydrogen-bond donors (Lipinski definition) is 1. The Hall–Kier alpha value is -2.75. The Morgan fingerprint density at radius 2 is 2.17 bits per heavy atom. The monoisotopic (exact) mass is 445 g/mol. The zero-order valence-corrected chi connectivity index (χ0v) is 17.8. The van der Waals surface area contributed by atoms with Gasteiger partial charge in [0, 0.05) is 23.8 Å². The maximum absolute atomic E-state index is 12.9. The molecule has 4 rings (SSSR count). The molecule has 10 heteroatoms. The van der Waals surface area contributed by atoms with Gasteiger partial charge in [-0.1, -0.05) is 28.8 Å². The van der Waals surface area contributed by atoms with Crippen LogP contribution < -0.4 is 15.0 Å². The summed E-state index contributed by atoms with van der Waals surface area (Å²) in [7, 11) is 0. The van der Waals surface area contributed by atoms with Gasteiger partial charge in [-0.05, 0) is 42.0 Å². The fourth-order valence-electron chi connectivity index (χ4n) is 3.10. The van der Waals surface area contributed by atoms with Crippen molar-refractivity contribution in [2.24, 2.45) is 0 Å². The summed E-state index contributed by atoms with van der Waals surface area (Å²) in [6.07, 6.45) is 3.31. The van der Waals surface area contributed by atoms with E-state index in [2.05, 4.69) is 32.3 Å². The van der Waals surface area contributed by atoms with Crippen LogP contribution in [-0.2, 0) is 11.3 Å². The van der Waals surface area contributed by atoms with Crippen molar-refractivity contribution in [1.29, 1.82) is 0 Å². The summed E-state index contributed by atoms with van der Waals surface area (Å²) in [5.74, 6) is -0.272. The molecule has 0 saturated carbocycles. The maximum atomic E-state index is 12.9. The van der Waals surface area contributed by atoms with Gasteiger partial charge in [0.15, 0.2) is 0 Å². The minimum absolute atomic E-state index is 0.156. The smallest absolute Gasteiger partial charge is 0.296 e. The third-order valence-corrected chi connectivity index (χ3v) is 5.63. The molecular formula is C20H20ClN5O3S. The van der Waals surface area contributed by atoms with E-state index in [9.17, 15) is 4.79 Å². The van der Waals surface area contributed by atoms with Crippen LogP contribution in [0.15, 0.2) is 42.7 Å². The molecule has 0 spiro atoms. The van der Waals surface area contributed by atoms with Crippen molar-refractivity contribution >= 4 is 39.7 Å². The summed E-state index contributed by atoms with van der Waals surface area (Å²) in [5, 5.41) is 12.2. The van der Waals surface area contributed by atoms with E-state index in [1.807, 2.05) is 12.1 Å². The van der Waals surface area contributed by atoms with E-state index in [0.29, 0.717) is 47.3 Å². The van der Waals surface area contributed by atoms with Crippen LogP contribution in [0.3, 0.4) is 0 Å². The Bertz CT molecular complexity index is 1010. The molecule has 1 aromatic carbocycles. The zero-order chi connectivity index (χ0) is 20.9. The van der Waals surface area contributed by atoms with Gasteiger partial charge in [-0.2, -0.15) is 0 Å². The number of halogens is 1. The number of carbonyl (C=O) groups is 1. The Morgan fingerprint density at radius 3 is 2.97 bits per heavy atom. The predicted octanol–water partition coefficient (Wildman–Crippen LogP) is 3.64. The number of rotatable bonds is 6. The van der Waals surface area contributed by atoms with Gasteiger partial charge < -0.3 is 14.4 Å². The lowest BCUT2D eigenvalue weighted by molar-refractivity contribution is 0.0976. The van der Waals surface area contributed by atoms with E-state index >= 15 is 0 Å². The normalized spacial score (nSPS) is 16.3. The second-order valence-electron chi connectivity index (χ2n) is 6.75. The average Bonchev–Trinajstić information content (AvgIpc) is 3.21. The van der Waals surface area contributed by atoms with Gasteiger partial charge in [-0.3, -0.25) is 15.1 Å². The second kappa shape index (κ2) is 9.38. The molecule has 1 N–H and O–H groups in total. The summed E-state index contributed by atoms with van der Waals surface area (Å²) >= 11 is 7.05. The number of ether oxygens (including phenoxy) is 2. The summed E-state index contributed by atoms with van der Waals surface area (Å²) in [6.45, 7) is 4.33. The number of nitrogens with one attached hydrogen (secondary N) is 1. The largest absolute Gasteiger partial charge is 0.464 e. The summed E-state index contributed by atoms with van der Waals surface area (Å²) < 4.78 is 11.1. The molecule has 156 valence electrons. The first-order valence-corrected chi connectivity index (χ1v) is 10.6. The first-order valence-electron chi connectivity index (χ1n) is 9.40. The third kappa shape index (κ3) is 4.86. The van der Waals surface area contributed by atoms with Crippen LogP contribution in [0.2, 0.25) is 5.02 Å². The molecule has 0 aliphatic carbocycles. The molecule has 1 atom stereocenters. The number of carbonyl (C=O) groups excluding carboxylic acids is 1. The molecule has 8 nitrogen and oxygen atoms in total. The van der Waals surface area contributed by atoms with Gasteiger partial charge in [0.2, 0.25) is 5.13 Å². The van der Waals surface area contributed by atoms with Crippen molar-refractivity contribution < 1.29 is 14.3 Å². The van der Waals surface area contributed by atoms with E-state index < -0.39 is 0 Å². The molecule has 2 aromatic heterocycles. The lowest BCUT2D eigenvalue weighted by Crippen LogP contribution is -2.44. The van der Waals surface area contributed by atoms with E-state index in [4.69, 9.17) is 21.1 Å². The molecule has 1 unspecified atom stereocenters. The first-order chi connectivity index (χ1) is 14.6. The van der Waals surface area contributed by atoms with E-state index in [1.165, 1.54) is 11.3 Å². The highest BCUT2D eigenvalue weighted by atomic mass is 35.5. The second-order valence-corrected chi connectivity index (χ2v) is 8.13. The Balaban J connectivity index is 1.42. The van der Waals surface area contributed by atoms with Crippen molar-refractivity contribution in [3.05, 3.63) is 58.9 Å². The molecule has 3 aromatic rings. The molecule has 1 aliphatic heterocycles. The topological polar surface area (TPSA) is 89.5 Å². The summed E-state index contributed by atoms with van der Waals surface area (Å²) in [5.41, 5.74) is 2.26. The molecule has 1 amide bonds. The van der Waals surface area contributed by atoms with E-state index in [1.54, 1.807) is 30.6 Å². The van der Waals surface area contributed by atoms with Gasteiger partial charge >= 0.3 is 0 Å². The number of nitrogens with zero attached hydrogens (tertiary/aromatic N) is 4. The summed E-state index contributed by atoms with van der Waals surface area (Å²) in [6, 6.07) is 9.21. The minimum Gasteiger partial charge on any atom is -0.464 e. The van der Waals surface area contributed by atoms with E-state index in [0.717, 1.165) is 11.3 Å². The van der Waals surface area contributed by atoms with Gasteiger partial charge in [0.1, 0.15) is 6.61 Å². The van der Waals surface area contributed by atoms with Crippen LogP contribution in [-0.4, -0.2) is 46.9 Å². The fourth-order valence-corrected chi connectivity index (χ4v) is 3.82. The Kier molecular flexibility index (Phi) is 6.41. The van der Waals surface area contributed by atoms with Gasteiger partial charge in [-0.25, -0.2) is 0 Å². The van der Waals surface area contributed by atoms with Crippen molar-refractivity contribution in [3.8, 4) is 5.19 Å². The highest BCUT2D eigenvalue weighted by molar-refractivity contribution is 7.17. The highest BCUT2D eigenvalue weighted by Crippen LogP contribution is 2.27. The Morgan fingerprint density at radius 1 is 1.33 bits per heavy atom. The molecule has 1 fully saturated rings. The molecule has 30 heavy (non-hydrogen) atoms. The maximum Gasteiger partial charge on any atom is 0.296 e. The van der Waals surface area contributed by atoms with Crippen LogP contribution in [0.25, 0.3) is 0 Å². The quantitative estimate of drug-likeness (QED) is 0.619. The van der Waals surface area contributed by atoms with Crippen LogP contribution in [0.4, 0.5) is 10.8 Å². The number of hydrogen-bond acceptors (Lipinski definition) is 8. The summed E-state index contributed by atoms with van der Waals surface area (Å²) in [4.78, 5) is 19.2. The molecule has 1 aliphatic rings. The molecule has 0 radical (unpaired) electrons. The van der Waals surface area contributed by atoms with Gasteiger partial charge in [0.25, 0.3) is 11.1 Å². The lowest BCUT2D eigenvalue weighted by Gasteiger charge is -2.35. The molecule has 0 bridgehead atoms. The van der Waals surface area contributed by atoms with Gasteiger partial charge in [-0.15, -0.1) is 5.10 Å². The molecule has 1 saturated heterocycles. The number of anilines is 2. The lowest BCUT2D eigenvalue weighted by atomic mass is 10.1. The van der Waals surface area contributed by atoms with Crippen molar-refractivity contribution in [3.63, 3.8) is 0 Å². The number of aromatic nitrogens is 3. The van der Waals surface area contributed by atoms with Crippen LogP contribution in [0, 0.1) is 0 Å². The van der Waals surface area contributed by atoms with Crippen LogP contribution >= 0.6 is 22.9 Å². The number of benzene rings is 1. The van der Waals surface area contributed by atoms with E-state index in [-0.39, 0.29) is 11.9 Å². The standard InChI is InChI=1S/C20H20ClN5O3S/c1-13-11-28-9-8-26(13)17-10-22-7-6-16(17)18(27)23-19-24-25-20(30-19)29-12-14-2-4-15(21)5-3-14/h2-7,10,13H,8-9,11-12H2,1H3,(H,23,24,27). The zero-order valence-electron chi connectivity index (χ0n) is 16.2. The number of amides is 1. The third-order valence-electron chi connectivity index (χ3n) is 4.62. The molecule has 3 heterocycles. The van der Waals surface area contributed by atoms with Crippen molar-refractivity contribution in [1.82, 2.24) is 15.2 Å². The SMILES string of the molecule is CC1COCCN1c1cnccc1C(=O)Nc1nnc(OCc2ccc(Cl)cc2)s1. The fraction of sp³-hybridized carbons (Fsp3) is 0.300. The number of pyridine rings is 1. The van der Waals surface area contributed by atoms with Crippen molar-refractivity contribution in [2.75, 3.05) is 30.0 Å². The van der Waals surface area contributed by atoms with Crippen molar-refractivity contribution in [2.45, 2.75) is 19.6 Å². The highest BCUT2D eigenvalue weighted by Gasteiger charge is 2.24.